The van der Waals surface area contributed by atoms with Crippen LogP contribution in [0.3, 0.4) is 0 Å². The molecule has 0 aliphatic carbocycles. The number of carbonyl (C=O) groups excluding carboxylic acids is 2. The highest BCUT2D eigenvalue weighted by molar-refractivity contribution is 6.23. The van der Waals surface area contributed by atoms with Crippen molar-refractivity contribution in [3.8, 4) is 0 Å². The molecule has 70 valence electrons. The van der Waals surface area contributed by atoms with Crippen LogP contribution in [0.25, 0.3) is 0 Å². The number of nitrogens with zero attached hydrogens (tertiary/aromatic N) is 1. The zero-order chi connectivity index (χ0) is 9.78. The van der Waals surface area contributed by atoms with Crippen LogP contribution >= 0.6 is 0 Å². The first-order valence-corrected chi connectivity index (χ1v) is 4.07. The fourth-order valence-corrected chi connectivity index (χ4v) is 0.703. The van der Waals surface area contributed by atoms with E-state index in [1.807, 2.05) is 0 Å². The molecule has 0 fully saturated rings. The maximum absolute atomic E-state index is 10.8. The molecule has 0 aromatic rings. The lowest BCUT2D eigenvalue weighted by molar-refractivity contribution is -0.138. The van der Waals surface area contributed by atoms with Crippen LogP contribution in [-0.2, 0) is 9.59 Å². The van der Waals surface area contributed by atoms with Crippen LogP contribution in [0.5, 0.6) is 0 Å². The fraction of sp³-hybridized carbons (Fsp3) is 0.778. The Balaban J connectivity index is 3.79. The van der Waals surface area contributed by atoms with E-state index in [9.17, 15) is 9.59 Å². The SMILES string of the molecule is CN(CCC(C)(C)C)C(=O)C=O. The van der Waals surface area contributed by atoms with Crippen molar-refractivity contribution >= 4 is 12.2 Å². The van der Waals surface area contributed by atoms with Gasteiger partial charge in [-0.05, 0) is 11.8 Å². The number of amides is 1. The van der Waals surface area contributed by atoms with Crippen molar-refractivity contribution in [1.82, 2.24) is 4.90 Å². The molecule has 0 N–H and O–H groups in total. The molecule has 3 heteroatoms. The average Bonchev–Trinajstić information content (AvgIpc) is 1.97. The number of likely N-dealkylation sites (N-methyl/N-ethyl adjacent to an activating group) is 1. The summed E-state index contributed by atoms with van der Waals surface area (Å²) in [6.45, 7) is 6.95. The number of hydrogen-bond donors (Lipinski definition) is 0. The minimum atomic E-state index is -0.445. The lowest BCUT2D eigenvalue weighted by atomic mass is 9.92. The van der Waals surface area contributed by atoms with E-state index in [2.05, 4.69) is 20.8 Å². The molecule has 0 aliphatic rings. The second-order valence-corrected chi connectivity index (χ2v) is 4.19. The van der Waals surface area contributed by atoms with Crippen molar-refractivity contribution < 1.29 is 9.59 Å². The highest BCUT2D eigenvalue weighted by atomic mass is 16.2. The van der Waals surface area contributed by atoms with Crippen LogP contribution in [-0.4, -0.2) is 30.7 Å². The van der Waals surface area contributed by atoms with Gasteiger partial charge in [-0.1, -0.05) is 20.8 Å². The van der Waals surface area contributed by atoms with Gasteiger partial charge in [-0.2, -0.15) is 0 Å². The summed E-state index contributed by atoms with van der Waals surface area (Å²) in [6, 6.07) is 0. The average molecular weight is 171 g/mol. The summed E-state index contributed by atoms with van der Waals surface area (Å²) in [7, 11) is 1.64. The maximum atomic E-state index is 10.8. The van der Waals surface area contributed by atoms with Crippen molar-refractivity contribution in [2.75, 3.05) is 13.6 Å². The van der Waals surface area contributed by atoms with Gasteiger partial charge in [-0.3, -0.25) is 9.59 Å². The molecule has 0 radical (unpaired) electrons. The lowest BCUT2D eigenvalue weighted by Crippen LogP contribution is -2.30. The van der Waals surface area contributed by atoms with E-state index in [0.717, 1.165) is 6.42 Å². The van der Waals surface area contributed by atoms with E-state index in [1.165, 1.54) is 4.90 Å². The van der Waals surface area contributed by atoms with Gasteiger partial charge in [-0.15, -0.1) is 0 Å². The molecule has 1 amide bonds. The van der Waals surface area contributed by atoms with E-state index < -0.39 is 5.91 Å². The summed E-state index contributed by atoms with van der Waals surface area (Å²) in [5.41, 5.74) is 0.206. The third kappa shape index (κ3) is 4.88. The third-order valence-corrected chi connectivity index (χ3v) is 1.67. The predicted molar refractivity (Wildman–Crippen MR) is 47.8 cm³/mol. The fourth-order valence-electron chi connectivity index (χ4n) is 0.703. The third-order valence-electron chi connectivity index (χ3n) is 1.67. The molecule has 3 nitrogen and oxygen atoms in total. The van der Waals surface area contributed by atoms with Gasteiger partial charge in [-0.25, -0.2) is 0 Å². The molecular formula is C9H17NO2. The van der Waals surface area contributed by atoms with Gasteiger partial charge in [0.25, 0.3) is 5.91 Å². The Labute approximate surface area is 73.7 Å². The molecular weight excluding hydrogens is 154 g/mol. The summed E-state index contributed by atoms with van der Waals surface area (Å²) in [6.07, 6.45) is 1.26. The molecule has 0 rings (SSSR count). The first kappa shape index (κ1) is 11.1. The van der Waals surface area contributed by atoms with E-state index in [4.69, 9.17) is 0 Å². The molecule has 0 saturated heterocycles. The second-order valence-electron chi connectivity index (χ2n) is 4.19. The standard InChI is InChI=1S/C9H17NO2/c1-9(2,3)5-6-10(4)8(12)7-11/h7H,5-6H2,1-4H3. The summed E-state index contributed by atoms with van der Waals surface area (Å²) < 4.78 is 0. The van der Waals surface area contributed by atoms with Gasteiger partial charge in [0.05, 0.1) is 0 Å². The first-order chi connectivity index (χ1) is 5.37. The quantitative estimate of drug-likeness (QED) is 0.470. The van der Waals surface area contributed by atoms with Crippen molar-refractivity contribution in [3.63, 3.8) is 0 Å². The highest BCUT2D eigenvalue weighted by Gasteiger charge is 2.13. The summed E-state index contributed by atoms with van der Waals surface area (Å²) in [5.74, 6) is -0.445. The monoisotopic (exact) mass is 171 g/mol. The predicted octanol–water partition coefficient (Wildman–Crippen LogP) is 1.08. The maximum Gasteiger partial charge on any atom is 0.286 e. The Morgan fingerprint density at radius 2 is 1.92 bits per heavy atom. The Kier molecular flexibility index (Phi) is 3.93. The molecule has 0 aromatic carbocycles. The number of hydrogen-bond acceptors (Lipinski definition) is 2. The lowest BCUT2D eigenvalue weighted by Gasteiger charge is -2.22. The van der Waals surface area contributed by atoms with E-state index in [0.29, 0.717) is 12.8 Å². The molecule has 0 bridgehead atoms. The van der Waals surface area contributed by atoms with Crippen molar-refractivity contribution in [3.05, 3.63) is 0 Å². The number of rotatable bonds is 3. The number of aldehydes is 1. The van der Waals surface area contributed by atoms with Crippen LogP contribution in [0.15, 0.2) is 0 Å². The summed E-state index contributed by atoms with van der Waals surface area (Å²) >= 11 is 0. The van der Waals surface area contributed by atoms with Gasteiger partial charge < -0.3 is 4.90 Å². The zero-order valence-corrected chi connectivity index (χ0v) is 8.26. The molecule has 0 aromatic heterocycles. The molecule has 0 aliphatic heterocycles. The van der Waals surface area contributed by atoms with Gasteiger partial charge in [0.1, 0.15) is 0 Å². The van der Waals surface area contributed by atoms with Gasteiger partial charge >= 0.3 is 0 Å². The molecule has 0 spiro atoms. The molecule has 0 atom stereocenters. The minimum Gasteiger partial charge on any atom is -0.339 e. The highest BCUT2D eigenvalue weighted by Crippen LogP contribution is 2.18. The number of carbonyl (C=O) groups is 2. The second kappa shape index (κ2) is 4.24. The molecule has 0 saturated carbocycles. The van der Waals surface area contributed by atoms with Crippen molar-refractivity contribution in [2.24, 2.45) is 5.41 Å². The largest absolute Gasteiger partial charge is 0.339 e. The first-order valence-electron chi connectivity index (χ1n) is 4.07. The molecule has 12 heavy (non-hydrogen) atoms. The van der Waals surface area contributed by atoms with E-state index in [-0.39, 0.29) is 5.41 Å². The van der Waals surface area contributed by atoms with Crippen molar-refractivity contribution in [1.29, 1.82) is 0 Å². The Morgan fingerprint density at radius 1 is 1.42 bits per heavy atom. The van der Waals surface area contributed by atoms with Crippen LogP contribution in [0, 0.1) is 5.41 Å². The van der Waals surface area contributed by atoms with Crippen LogP contribution in [0.2, 0.25) is 0 Å². The van der Waals surface area contributed by atoms with Crippen molar-refractivity contribution in [2.45, 2.75) is 27.2 Å². The topological polar surface area (TPSA) is 37.4 Å². The van der Waals surface area contributed by atoms with Crippen LogP contribution in [0.4, 0.5) is 0 Å². The molecule has 0 unspecified atom stereocenters. The Morgan fingerprint density at radius 3 is 2.25 bits per heavy atom. The van der Waals surface area contributed by atoms with Gasteiger partial charge in [0.2, 0.25) is 6.29 Å². The Hall–Kier alpha value is -0.860. The minimum absolute atomic E-state index is 0.206. The van der Waals surface area contributed by atoms with E-state index >= 15 is 0 Å². The van der Waals surface area contributed by atoms with Crippen LogP contribution in [0.1, 0.15) is 27.2 Å². The zero-order valence-electron chi connectivity index (χ0n) is 8.26. The smallest absolute Gasteiger partial charge is 0.286 e. The summed E-state index contributed by atoms with van der Waals surface area (Å²) in [5, 5.41) is 0. The van der Waals surface area contributed by atoms with E-state index in [1.54, 1.807) is 7.05 Å². The van der Waals surface area contributed by atoms with Gasteiger partial charge in [0, 0.05) is 13.6 Å². The Bertz CT molecular complexity index is 170. The molecule has 0 heterocycles. The van der Waals surface area contributed by atoms with Crippen LogP contribution < -0.4 is 0 Å². The van der Waals surface area contributed by atoms with Gasteiger partial charge in [0.15, 0.2) is 0 Å². The summed E-state index contributed by atoms with van der Waals surface area (Å²) in [4.78, 5) is 22.3. The normalized spacial score (nSPS) is 11.0.